The summed E-state index contributed by atoms with van der Waals surface area (Å²) in [7, 11) is 2.38. The van der Waals surface area contributed by atoms with Gasteiger partial charge in [0.05, 0.1) is 29.6 Å². The van der Waals surface area contributed by atoms with E-state index in [1.54, 1.807) is 0 Å². The van der Waals surface area contributed by atoms with Crippen molar-refractivity contribution in [2.24, 2.45) is 0 Å². The molecule has 0 saturated carbocycles. The molecule has 0 N–H and O–H groups in total. The Morgan fingerprint density at radius 3 is 2.40 bits per heavy atom. The predicted molar refractivity (Wildman–Crippen MR) is 116 cm³/mol. The van der Waals surface area contributed by atoms with Crippen LogP contribution in [0.4, 0.5) is 23.7 Å². The second-order valence-corrected chi connectivity index (χ2v) is 7.79. The molecule has 1 saturated heterocycles. The molecule has 2 amide bonds. The first-order valence-corrected chi connectivity index (χ1v) is 10.3. The van der Waals surface area contributed by atoms with E-state index in [9.17, 15) is 37.7 Å². The number of carbonyl (C=O) groups excluding carboxylic acids is 3. The number of halogens is 3. The number of nitrogens with zero attached hydrogens (tertiary/aromatic N) is 2. The Hall–Kier alpha value is -4.07. The zero-order valence-corrected chi connectivity index (χ0v) is 18.8. The molecule has 1 heterocycles. The molecule has 0 spiro atoms. The average molecular weight is 512 g/mol. The Labute approximate surface area is 199 Å². The van der Waals surface area contributed by atoms with Crippen LogP contribution in [0.2, 0.25) is 0 Å². The molecule has 1 fully saturated rings. The summed E-state index contributed by atoms with van der Waals surface area (Å²) in [6, 6.07) is 5.98. The first-order chi connectivity index (χ1) is 16.4. The Bertz CT molecular complexity index is 1250. The second-order valence-electron chi connectivity index (χ2n) is 6.79. The maximum absolute atomic E-state index is 12.9. The highest BCUT2D eigenvalue weighted by Gasteiger charge is 2.37. The average Bonchev–Trinajstić information content (AvgIpc) is 3.06. The fourth-order valence-electron chi connectivity index (χ4n) is 2.88. The summed E-state index contributed by atoms with van der Waals surface area (Å²) in [4.78, 5) is 46.9. The van der Waals surface area contributed by atoms with Crippen molar-refractivity contribution in [3.8, 4) is 17.2 Å². The first-order valence-electron chi connectivity index (χ1n) is 9.48. The quantitative estimate of drug-likeness (QED) is 0.226. The molecule has 1 aliphatic heterocycles. The molecule has 184 valence electrons. The van der Waals surface area contributed by atoms with Gasteiger partial charge in [-0.2, -0.15) is 13.2 Å². The number of ether oxygens (including phenoxy) is 3. The maximum atomic E-state index is 12.9. The molecule has 1 aliphatic rings. The summed E-state index contributed by atoms with van der Waals surface area (Å²) in [6.07, 6.45) is -3.42. The van der Waals surface area contributed by atoms with Crippen molar-refractivity contribution in [2.75, 3.05) is 20.8 Å². The lowest BCUT2D eigenvalue weighted by Crippen LogP contribution is -2.34. The van der Waals surface area contributed by atoms with Crippen LogP contribution in [-0.4, -0.2) is 47.7 Å². The number of benzene rings is 2. The number of nitro groups is 1. The van der Waals surface area contributed by atoms with Gasteiger partial charge in [0.2, 0.25) is 5.75 Å². The summed E-state index contributed by atoms with van der Waals surface area (Å²) in [5.74, 6) is -1.93. The number of amides is 2. The number of alkyl halides is 3. The number of thioether (sulfide) groups is 1. The highest BCUT2D eigenvalue weighted by Crippen LogP contribution is 2.41. The number of rotatable bonds is 7. The zero-order valence-electron chi connectivity index (χ0n) is 18.0. The van der Waals surface area contributed by atoms with Crippen LogP contribution < -0.4 is 9.47 Å². The molecular weight excluding hydrogens is 497 g/mol. The Balaban J connectivity index is 1.89. The van der Waals surface area contributed by atoms with Gasteiger partial charge in [0.25, 0.3) is 11.1 Å². The van der Waals surface area contributed by atoms with Crippen molar-refractivity contribution in [3.63, 3.8) is 0 Å². The van der Waals surface area contributed by atoms with E-state index in [0.717, 1.165) is 18.1 Å². The smallest absolute Gasteiger partial charge is 0.416 e. The van der Waals surface area contributed by atoms with Gasteiger partial charge >= 0.3 is 17.8 Å². The predicted octanol–water partition coefficient (Wildman–Crippen LogP) is 4.62. The van der Waals surface area contributed by atoms with Gasteiger partial charge in [-0.05, 0) is 47.7 Å². The van der Waals surface area contributed by atoms with Crippen LogP contribution in [0, 0.1) is 10.1 Å². The van der Waals surface area contributed by atoms with Crippen molar-refractivity contribution in [1.82, 2.24) is 4.90 Å². The van der Waals surface area contributed by atoms with E-state index in [-0.39, 0.29) is 16.4 Å². The third kappa shape index (κ3) is 5.71. The largest absolute Gasteiger partial charge is 0.493 e. The minimum atomic E-state index is -4.78. The van der Waals surface area contributed by atoms with E-state index in [0.29, 0.717) is 29.5 Å². The van der Waals surface area contributed by atoms with E-state index in [4.69, 9.17) is 9.47 Å². The summed E-state index contributed by atoms with van der Waals surface area (Å²) in [6.45, 7) is -0.541. The number of carbonyl (C=O) groups is 3. The Morgan fingerprint density at radius 2 is 1.80 bits per heavy atom. The number of imide groups is 1. The SMILES string of the molecule is COC(=O)CN1C(=O)S/C(=C/c2ccc(Oc3ccc(C(F)(F)F)cc3[N+](=O)[O-])c(OC)c2)C1=O. The van der Waals surface area contributed by atoms with Gasteiger partial charge in [-0.3, -0.25) is 29.4 Å². The molecule has 2 aromatic carbocycles. The lowest BCUT2D eigenvalue weighted by Gasteiger charge is -2.13. The minimum Gasteiger partial charge on any atom is -0.493 e. The van der Waals surface area contributed by atoms with Crippen LogP contribution in [0.5, 0.6) is 17.2 Å². The number of hydrogen-bond acceptors (Lipinski definition) is 9. The topological polar surface area (TPSA) is 125 Å². The van der Waals surface area contributed by atoms with Crippen LogP contribution in [0.25, 0.3) is 6.08 Å². The van der Waals surface area contributed by atoms with E-state index in [1.807, 2.05) is 0 Å². The molecule has 3 rings (SSSR count). The van der Waals surface area contributed by atoms with Gasteiger partial charge in [0, 0.05) is 6.07 Å². The first kappa shape index (κ1) is 25.6. The van der Waals surface area contributed by atoms with Gasteiger partial charge in [0.15, 0.2) is 11.5 Å². The lowest BCUT2D eigenvalue weighted by atomic mass is 10.1. The number of methoxy groups -OCH3 is 2. The van der Waals surface area contributed by atoms with E-state index in [1.165, 1.54) is 31.4 Å². The van der Waals surface area contributed by atoms with Crippen molar-refractivity contribution in [2.45, 2.75) is 6.18 Å². The molecule has 10 nitrogen and oxygen atoms in total. The summed E-state index contributed by atoms with van der Waals surface area (Å²) >= 11 is 0.610. The number of esters is 1. The lowest BCUT2D eigenvalue weighted by molar-refractivity contribution is -0.385. The van der Waals surface area contributed by atoms with Crippen molar-refractivity contribution in [3.05, 3.63) is 62.5 Å². The van der Waals surface area contributed by atoms with Gasteiger partial charge in [-0.25, -0.2) is 0 Å². The number of nitro benzene ring substituents is 1. The molecule has 0 aromatic heterocycles. The molecule has 0 aliphatic carbocycles. The standard InChI is InChI=1S/C21H15F3N2O8S/c1-32-16-7-11(8-17-19(28)25(20(29)35-17)10-18(27)33-2)3-5-15(16)34-14-6-4-12(21(22,23)24)9-13(14)26(30)31/h3-9H,10H2,1-2H3/b17-8+. The van der Waals surface area contributed by atoms with Crippen LogP contribution in [0.3, 0.4) is 0 Å². The molecule has 0 bridgehead atoms. The van der Waals surface area contributed by atoms with E-state index in [2.05, 4.69) is 4.74 Å². The molecule has 0 radical (unpaired) electrons. The molecular formula is C21H15F3N2O8S. The normalized spacial score (nSPS) is 14.9. The van der Waals surface area contributed by atoms with Crippen LogP contribution in [0.15, 0.2) is 41.3 Å². The number of hydrogen-bond donors (Lipinski definition) is 0. The fraction of sp³-hybridized carbons (Fsp3) is 0.190. The molecule has 2 aromatic rings. The Kier molecular flexibility index (Phi) is 7.34. The van der Waals surface area contributed by atoms with Crippen LogP contribution >= 0.6 is 11.8 Å². The van der Waals surface area contributed by atoms with Gasteiger partial charge in [-0.15, -0.1) is 0 Å². The minimum absolute atomic E-state index is 0.0213. The zero-order chi connectivity index (χ0) is 25.9. The Morgan fingerprint density at radius 1 is 1.11 bits per heavy atom. The van der Waals surface area contributed by atoms with Crippen molar-refractivity contribution in [1.29, 1.82) is 0 Å². The van der Waals surface area contributed by atoms with Crippen LogP contribution in [-0.2, 0) is 20.5 Å². The summed E-state index contributed by atoms with van der Waals surface area (Å²) in [5.41, 5.74) is -1.73. The third-order valence-corrected chi connectivity index (χ3v) is 5.48. The highest BCUT2D eigenvalue weighted by molar-refractivity contribution is 8.18. The highest BCUT2D eigenvalue weighted by atomic mass is 32.2. The van der Waals surface area contributed by atoms with E-state index >= 15 is 0 Å². The monoisotopic (exact) mass is 512 g/mol. The van der Waals surface area contributed by atoms with Gasteiger partial charge in [-0.1, -0.05) is 6.07 Å². The summed E-state index contributed by atoms with van der Waals surface area (Å²) in [5, 5.41) is 10.6. The molecule has 35 heavy (non-hydrogen) atoms. The van der Waals surface area contributed by atoms with Crippen molar-refractivity contribution >= 4 is 40.6 Å². The molecule has 0 unspecified atom stereocenters. The maximum Gasteiger partial charge on any atom is 0.416 e. The third-order valence-electron chi connectivity index (χ3n) is 4.58. The fourth-order valence-corrected chi connectivity index (χ4v) is 3.72. The van der Waals surface area contributed by atoms with Gasteiger partial charge in [0.1, 0.15) is 6.54 Å². The molecule has 14 heteroatoms. The van der Waals surface area contributed by atoms with Crippen LogP contribution in [0.1, 0.15) is 11.1 Å². The van der Waals surface area contributed by atoms with E-state index < -0.39 is 51.8 Å². The molecule has 0 atom stereocenters. The van der Waals surface area contributed by atoms with Crippen molar-refractivity contribution < 1.29 is 46.7 Å². The van der Waals surface area contributed by atoms with Gasteiger partial charge < -0.3 is 14.2 Å². The second kappa shape index (κ2) is 10.0. The summed E-state index contributed by atoms with van der Waals surface area (Å²) < 4.78 is 53.9.